The van der Waals surface area contributed by atoms with Crippen LogP contribution in [0.4, 0.5) is 0 Å². The zero-order valence-corrected chi connectivity index (χ0v) is 16.3. The van der Waals surface area contributed by atoms with E-state index in [1.807, 2.05) is 0 Å². The first-order valence-corrected chi connectivity index (χ1v) is 7.94. The Morgan fingerprint density at radius 1 is 1.36 bits per heavy atom. The van der Waals surface area contributed by atoms with Crippen LogP contribution in [0.2, 0.25) is 0 Å². The lowest BCUT2D eigenvalue weighted by Crippen LogP contribution is -2.39. The molecular formula is C17H29IN4. The number of aliphatic imine (C=N–C) groups is 1. The number of hydrogen-bond acceptors (Lipinski definition) is 2. The van der Waals surface area contributed by atoms with Gasteiger partial charge < -0.3 is 15.1 Å². The van der Waals surface area contributed by atoms with Gasteiger partial charge in [0, 0.05) is 26.2 Å². The molecule has 1 atom stereocenters. The third kappa shape index (κ3) is 5.76. The number of likely N-dealkylation sites (N-methyl/N-ethyl adjacent to an activating group) is 1. The van der Waals surface area contributed by atoms with Crippen molar-refractivity contribution in [2.75, 3.05) is 33.7 Å². The molecule has 124 valence electrons. The minimum absolute atomic E-state index is 0. The highest BCUT2D eigenvalue weighted by Crippen LogP contribution is 2.14. The lowest BCUT2D eigenvalue weighted by molar-refractivity contribution is 0.316. The molecule has 1 aliphatic rings. The van der Waals surface area contributed by atoms with Crippen LogP contribution in [0.1, 0.15) is 25.3 Å². The summed E-state index contributed by atoms with van der Waals surface area (Å²) in [5.74, 6) is 1.00. The van der Waals surface area contributed by atoms with Gasteiger partial charge in [0.25, 0.3) is 0 Å². The molecule has 2 rings (SSSR count). The highest BCUT2D eigenvalue weighted by atomic mass is 127. The van der Waals surface area contributed by atoms with Crippen molar-refractivity contribution >= 4 is 29.9 Å². The van der Waals surface area contributed by atoms with E-state index in [9.17, 15) is 0 Å². The average Bonchev–Trinajstić information content (AvgIpc) is 2.90. The number of nitrogens with zero attached hydrogens (tertiary/aromatic N) is 3. The van der Waals surface area contributed by atoms with Crippen molar-refractivity contribution in [3.05, 3.63) is 35.9 Å². The fourth-order valence-electron chi connectivity index (χ4n) is 2.80. The molecule has 1 aromatic rings. The third-order valence-electron chi connectivity index (χ3n) is 4.08. The maximum Gasteiger partial charge on any atom is 0.194 e. The smallest absolute Gasteiger partial charge is 0.194 e. The van der Waals surface area contributed by atoms with Gasteiger partial charge in [0.1, 0.15) is 0 Å². The topological polar surface area (TPSA) is 30.9 Å². The Hall–Kier alpha value is -0.820. The van der Waals surface area contributed by atoms with Gasteiger partial charge in [-0.3, -0.25) is 4.99 Å². The van der Waals surface area contributed by atoms with Crippen LogP contribution in [0, 0.1) is 0 Å². The second-order valence-electron chi connectivity index (χ2n) is 5.81. The van der Waals surface area contributed by atoms with Crippen LogP contribution >= 0.6 is 24.0 Å². The molecule has 5 heteroatoms. The van der Waals surface area contributed by atoms with Gasteiger partial charge in [-0.2, -0.15) is 0 Å². The van der Waals surface area contributed by atoms with Crippen molar-refractivity contribution < 1.29 is 0 Å². The Balaban J connectivity index is 0.00000242. The van der Waals surface area contributed by atoms with E-state index in [4.69, 9.17) is 4.99 Å². The van der Waals surface area contributed by atoms with Crippen LogP contribution in [-0.4, -0.2) is 55.5 Å². The maximum atomic E-state index is 4.83. The van der Waals surface area contributed by atoms with Gasteiger partial charge in [-0.05, 0) is 38.9 Å². The van der Waals surface area contributed by atoms with E-state index in [0.29, 0.717) is 6.04 Å². The molecule has 0 amide bonds. The van der Waals surface area contributed by atoms with Gasteiger partial charge in [0.2, 0.25) is 0 Å². The Bertz CT molecular complexity index is 449. The van der Waals surface area contributed by atoms with Gasteiger partial charge in [-0.15, -0.1) is 24.0 Å². The number of benzene rings is 1. The van der Waals surface area contributed by atoms with Crippen LogP contribution in [0.3, 0.4) is 0 Å². The SMILES string of the molecule is CCNC(=NCC1CCCN1C)N(C)Cc1ccccc1.I. The van der Waals surface area contributed by atoms with Crippen LogP contribution in [-0.2, 0) is 6.54 Å². The summed E-state index contributed by atoms with van der Waals surface area (Å²) in [5, 5.41) is 3.40. The minimum Gasteiger partial charge on any atom is -0.357 e. The highest BCUT2D eigenvalue weighted by Gasteiger charge is 2.20. The first-order valence-electron chi connectivity index (χ1n) is 7.94. The molecule has 4 nitrogen and oxygen atoms in total. The molecule has 1 unspecified atom stereocenters. The first kappa shape index (κ1) is 19.2. The lowest BCUT2D eigenvalue weighted by atomic mass is 10.2. The average molecular weight is 416 g/mol. The Kier molecular flexibility index (Phi) is 8.78. The fraction of sp³-hybridized carbons (Fsp3) is 0.588. The van der Waals surface area contributed by atoms with E-state index in [0.717, 1.165) is 25.6 Å². The Morgan fingerprint density at radius 3 is 2.68 bits per heavy atom. The predicted octanol–water partition coefficient (Wildman–Crippen LogP) is 2.80. The van der Waals surface area contributed by atoms with Crippen LogP contribution < -0.4 is 5.32 Å². The second-order valence-corrected chi connectivity index (χ2v) is 5.81. The molecule has 0 aromatic heterocycles. The summed E-state index contributed by atoms with van der Waals surface area (Å²) in [6.45, 7) is 5.99. The lowest BCUT2D eigenvalue weighted by Gasteiger charge is -2.24. The van der Waals surface area contributed by atoms with Gasteiger partial charge in [-0.1, -0.05) is 30.3 Å². The van der Waals surface area contributed by atoms with E-state index >= 15 is 0 Å². The number of rotatable bonds is 5. The largest absolute Gasteiger partial charge is 0.357 e. The molecule has 0 radical (unpaired) electrons. The van der Waals surface area contributed by atoms with Crippen LogP contribution in [0.5, 0.6) is 0 Å². The van der Waals surface area contributed by atoms with Crippen molar-refractivity contribution in [2.24, 2.45) is 4.99 Å². The molecule has 1 N–H and O–H groups in total. The van der Waals surface area contributed by atoms with Crippen molar-refractivity contribution in [3.63, 3.8) is 0 Å². The van der Waals surface area contributed by atoms with E-state index < -0.39 is 0 Å². The zero-order valence-electron chi connectivity index (χ0n) is 14.0. The van der Waals surface area contributed by atoms with Gasteiger partial charge in [0.05, 0.1) is 6.54 Å². The summed E-state index contributed by atoms with van der Waals surface area (Å²) in [6, 6.07) is 11.1. The number of guanidine groups is 1. The number of nitrogens with one attached hydrogen (secondary N) is 1. The molecule has 1 aromatic carbocycles. The highest BCUT2D eigenvalue weighted by molar-refractivity contribution is 14.0. The molecular weight excluding hydrogens is 387 g/mol. The molecule has 0 aliphatic carbocycles. The van der Waals surface area contributed by atoms with Crippen molar-refractivity contribution in [3.8, 4) is 0 Å². The van der Waals surface area contributed by atoms with E-state index in [1.165, 1.54) is 24.9 Å². The summed E-state index contributed by atoms with van der Waals surface area (Å²) < 4.78 is 0. The normalized spacial score (nSPS) is 18.9. The standard InChI is InChI=1S/C17H28N4.HI/c1-4-18-17(19-13-16-11-8-12-20(16)2)21(3)14-15-9-6-5-7-10-15;/h5-7,9-10,16H,4,8,11-14H2,1-3H3,(H,18,19);1H. The molecule has 0 spiro atoms. The van der Waals surface area contributed by atoms with Crippen LogP contribution in [0.25, 0.3) is 0 Å². The first-order chi connectivity index (χ1) is 10.2. The van der Waals surface area contributed by atoms with Gasteiger partial charge in [-0.25, -0.2) is 0 Å². The molecule has 1 heterocycles. The summed E-state index contributed by atoms with van der Waals surface area (Å²) >= 11 is 0. The van der Waals surface area contributed by atoms with Crippen LogP contribution in [0.15, 0.2) is 35.3 Å². The summed E-state index contributed by atoms with van der Waals surface area (Å²) in [7, 11) is 4.31. The minimum atomic E-state index is 0. The number of hydrogen-bond donors (Lipinski definition) is 1. The number of likely N-dealkylation sites (tertiary alicyclic amines) is 1. The Morgan fingerprint density at radius 2 is 2.09 bits per heavy atom. The van der Waals surface area contributed by atoms with Crippen molar-refractivity contribution in [1.82, 2.24) is 15.1 Å². The fourth-order valence-corrected chi connectivity index (χ4v) is 2.80. The number of halogens is 1. The van der Waals surface area contributed by atoms with E-state index in [-0.39, 0.29) is 24.0 Å². The zero-order chi connectivity index (χ0) is 15.1. The van der Waals surface area contributed by atoms with Gasteiger partial charge >= 0.3 is 0 Å². The summed E-state index contributed by atoms with van der Waals surface area (Å²) in [4.78, 5) is 9.45. The van der Waals surface area contributed by atoms with Crippen molar-refractivity contribution in [1.29, 1.82) is 0 Å². The van der Waals surface area contributed by atoms with E-state index in [2.05, 4.69) is 66.5 Å². The monoisotopic (exact) mass is 416 g/mol. The molecule has 0 bridgehead atoms. The molecule has 22 heavy (non-hydrogen) atoms. The Labute approximate surface area is 152 Å². The third-order valence-corrected chi connectivity index (χ3v) is 4.08. The molecule has 1 fully saturated rings. The molecule has 0 saturated carbocycles. The van der Waals surface area contributed by atoms with Gasteiger partial charge in [0.15, 0.2) is 5.96 Å². The molecule has 1 aliphatic heterocycles. The maximum absolute atomic E-state index is 4.83. The summed E-state index contributed by atoms with van der Waals surface area (Å²) in [6.07, 6.45) is 2.56. The quantitative estimate of drug-likeness (QED) is 0.455. The second kappa shape index (κ2) is 10.0. The predicted molar refractivity (Wildman–Crippen MR) is 105 cm³/mol. The van der Waals surface area contributed by atoms with Crippen molar-refractivity contribution in [2.45, 2.75) is 32.4 Å². The summed E-state index contributed by atoms with van der Waals surface area (Å²) in [5.41, 5.74) is 1.31. The van der Waals surface area contributed by atoms with E-state index in [1.54, 1.807) is 0 Å². The molecule has 1 saturated heterocycles.